The first-order valence-corrected chi connectivity index (χ1v) is 3.93. The molecule has 0 fully saturated rings. The molecule has 0 rings (SSSR count). The van der Waals surface area contributed by atoms with Crippen molar-refractivity contribution in [2.24, 2.45) is 4.99 Å². The van der Waals surface area contributed by atoms with Gasteiger partial charge in [0.2, 0.25) is 0 Å². The molecule has 0 aromatic carbocycles. The molecule has 0 aromatic rings. The molecule has 0 aliphatic carbocycles. The first kappa shape index (κ1) is 10.9. The Morgan fingerprint density at radius 1 is 1.58 bits per heavy atom. The molecule has 0 saturated heterocycles. The first-order chi connectivity index (χ1) is 5.70. The fourth-order valence-electron chi connectivity index (χ4n) is 0.752. The minimum Gasteiger partial charge on any atom is -0.309 e. The van der Waals surface area contributed by atoms with E-state index >= 15 is 0 Å². The number of terminal acetylenes is 1. The molecule has 2 heteroatoms. The van der Waals surface area contributed by atoms with Crippen LogP contribution in [0.5, 0.6) is 0 Å². The lowest BCUT2D eigenvalue weighted by molar-refractivity contribution is 0.422. The second-order valence-electron chi connectivity index (χ2n) is 2.77. The predicted octanol–water partition coefficient (Wildman–Crippen LogP) is 1.20. The molecule has 0 atom stereocenters. The number of allylic oxidation sites excluding steroid dienone is 2. The van der Waals surface area contributed by atoms with Crippen LogP contribution in [0.25, 0.3) is 0 Å². The Morgan fingerprint density at radius 2 is 2.25 bits per heavy atom. The van der Waals surface area contributed by atoms with Crippen molar-refractivity contribution in [3.8, 4) is 12.3 Å². The van der Waals surface area contributed by atoms with Gasteiger partial charge in [-0.3, -0.25) is 4.99 Å². The summed E-state index contributed by atoms with van der Waals surface area (Å²) in [6.45, 7) is 1.00. The van der Waals surface area contributed by atoms with Gasteiger partial charge in [-0.25, -0.2) is 0 Å². The molecular weight excluding hydrogens is 148 g/mol. The highest BCUT2D eigenvalue weighted by Crippen LogP contribution is 1.90. The van der Waals surface area contributed by atoms with Crippen molar-refractivity contribution in [2.75, 3.05) is 27.7 Å². The van der Waals surface area contributed by atoms with Crippen LogP contribution < -0.4 is 0 Å². The van der Waals surface area contributed by atoms with Crippen molar-refractivity contribution in [1.82, 2.24) is 4.90 Å². The van der Waals surface area contributed by atoms with Crippen LogP contribution in [0.15, 0.2) is 17.1 Å². The maximum absolute atomic E-state index is 5.09. The van der Waals surface area contributed by atoms with E-state index in [4.69, 9.17) is 6.42 Å². The van der Waals surface area contributed by atoms with E-state index in [0.717, 1.165) is 18.7 Å². The number of hydrogen-bond acceptors (Lipinski definition) is 2. The number of nitrogens with zero attached hydrogens (tertiary/aromatic N) is 2. The minimum absolute atomic E-state index is 0.946. The smallest absolute Gasteiger partial charge is 0.0363 e. The van der Waals surface area contributed by atoms with Gasteiger partial charge < -0.3 is 4.90 Å². The summed E-state index contributed by atoms with van der Waals surface area (Å²) in [5.41, 5.74) is 1.04. The standard InChI is InChI=1S/C10H16N2/c1-5-6-7-10(11-2)8-9-12(3)4/h1,6-7H,8-9H2,2-4H3/b7-6-,11-10?. The van der Waals surface area contributed by atoms with Gasteiger partial charge in [-0.1, -0.05) is 5.92 Å². The fraction of sp³-hybridized carbons (Fsp3) is 0.500. The summed E-state index contributed by atoms with van der Waals surface area (Å²) in [6, 6.07) is 0. The van der Waals surface area contributed by atoms with Crippen molar-refractivity contribution in [3.63, 3.8) is 0 Å². The van der Waals surface area contributed by atoms with Gasteiger partial charge in [0.25, 0.3) is 0 Å². The van der Waals surface area contributed by atoms with E-state index in [2.05, 4.69) is 15.8 Å². The molecule has 0 amide bonds. The lowest BCUT2D eigenvalue weighted by Crippen LogP contribution is -2.15. The zero-order valence-corrected chi connectivity index (χ0v) is 8.04. The van der Waals surface area contributed by atoms with Crippen LogP contribution in [-0.4, -0.2) is 38.3 Å². The van der Waals surface area contributed by atoms with Gasteiger partial charge in [0.15, 0.2) is 0 Å². The zero-order valence-electron chi connectivity index (χ0n) is 8.04. The summed E-state index contributed by atoms with van der Waals surface area (Å²) >= 11 is 0. The van der Waals surface area contributed by atoms with E-state index in [1.165, 1.54) is 0 Å². The summed E-state index contributed by atoms with van der Waals surface area (Å²) in [7, 11) is 5.86. The molecular formula is C10H16N2. The van der Waals surface area contributed by atoms with Crippen molar-refractivity contribution < 1.29 is 0 Å². The Hall–Kier alpha value is -1.07. The highest BCUT2D eigenvalue weighted by Gasteiger charge is 1.94. The average Bonchev–Trinajstić information content (AvgIpc) is 2.05. The Kier molecular flexibility index (Phi) is 6.04. The normalized spacial score (nSPS) is 12.4. The van der Waals surface area contributed by atoms with Crippen LogP contribution in [0.3, 0.4) is 0 Å². The van der Waals surface area contributed by atoms with Gasteiger partial charge in [-0.2, -0.15) is 0 Å². The molecule has 0 spiro atoms. The van der Waals surface area contributed by atoms with E-state index in [1.807, 2.05) is 20.2 Å². The van der Waals surface area contributed by atoms with Crippen LogP contribution in [-0.2, 0) is 0 Å². The lowest BCUT2D eigenvalue weighted by Gasteiger charge is -2.08. The summed E-state index contributed by atoms with van der Waals surface area (Å²) < 4.78 is 0. The monoisotopic (exact) mass is 164 g/mol. The minimum atomic E-state index is 0.946. The van der Waals surface area contributed by atoms with Gasteiger partial charge in [0.1, 0.15) is 0 Å². The molecule has 0 N–H and O–H groups in total. The van der Waals surface area contributed by atoms with E-state index < -0.39 is 0 Å². The molecule has 0 saturated carbocycles. The second kappa shape index (κ2) is 6.63. The Labute approximate surface area is 75.0 Å². The van der Waals surface area contributed by atoms with E-state index in [0.29, 0.717) is 0 Å². The average molecular weight is 164 g/mol. The van der Waals surface area contributed by atoms with Gasteiger partial charge in [-0.15, -0.1) is 6.42 Å². The highest BCUT2D eigenvalue weighted by molar-refractivity contribution is 5.95. The number of hydrogen-bond donors (Lipinski definition) is 0. The molecule has 66 valence electrons. The quantitative estimate of drug-likeness (QED) is 0.450. The molecule has 0 aromatic heterocycles. The molecule has 0 radical (unpaired) electrons. The topological polar surface area (TPSA) is 15.6 Å². The maximum atomic E-state index is 5.09. The Morgan fingerprint density at radius 3 is 2.67 bits per heavy atom. The number of rotatable bonds is 4. The van der Waals surface area contributed by atoms with Crippen molar-refractivity contribution in [1.29, 1.82) is 0 Å². The summed E-state index contributed by atoms with van der Waals surface area (Å²) in [6.07, 6.45) is 9.59. The molecule has 0 aliphatic rings. The summed E-state index contributed by atoms with van der Waals surface area (Å²) in [5, 5.41) is 0. The maximum Gasteiger partial charge on any atom is 0.0363 e. The molecule has 0 aliphatic heterocycles. The van der Waals surface area contributed by atoms with Crippen LogP contribution >= 0.6 is 0 Å². The molecule has 2 nitrogen and oxygen atoms in total. The third kappa shape index (κ3) is 5.70. The SMILES string of the molecule is C#C/C=C\C(CCN(C)C)=NC. The summed E-state index contributed by atoms with van der Waals surface area (Å²) in [5.74, 6) is 2.45. The van der Waals surface area contributed by atoms with E-state index in [1.54, 1.807) is 13.1 Å². The lowest BCUT2D eigenvalue weighted by atomic mass is 10.2. The molecule has 0 heterocycles. The van der Waals surface area contributed by atoms with E-state index in [9.17, 15) is 0 Å². The molecule has 0 bridgehead atoms. The third-order valence-corrected chi connectivity index (χ3v) is 1.47. The molecule has 0 unspecified atom stereocenters. The number of aliphatic imine (C=N–C) groups is 1. The van der Waals surface area contributed by atoms with Crippen molar-refractivity contribution in [2.45, 2.75) is 6.42 Å². The second-order valence-corrected chi connectivity index (χ2v) is 2.77. The Balaban J connectivity index is 3.88. The van der Waals surface area contributed by atoms with Gasteiger partial charge >= 0.3 is 0 Å². The first-order valence-electron chi connectivity index (χ1n) is 3.93. The largest absolute Gasteiger partial charge is 0.309 e. The Bertz CT molecular complexity index is 206. The van der Waals surface area contributed by atoms with Gasteiger partial charge in [-0.05, 0) is 26.2 Å². The zero-order chi connectivity index (χ0) is 9.40. The fourth-order valence-corrected chi connectivity index (χ4v) is 0.752. The predicted molar refractivity (Wildman–Crippen MR) is 54.5 cm³/mol. The van der Waals surface area contributed by atoms with E-state index in [-0.39, 0.29) is 0 Å². The van der Waals surface area contributed by atoms with Gasteiger partial charge in [0, 0.05) is 25.7 Å². The van der Waals surface area contributed by atoms with Crippen LogP contribution in [0.4, 0.5) is 0 Å². The van der Waals surface area contributed by atoms with Gasteiger partial charge in [0.05, 0.1) is 0 Å². The van der Waals surface area contributed by atoms with Crippen LogP contribution in [0, 0.1) is 12.3 Å². The molecule has 12 heavy (non-hydrogen) atoms. The third-order valence-electron chi connectivity index (χ3n) is 1.47. The van der Waals surface area contributed by atoms with Crippen LogP contribution in [0.1, 0.15) is 6.42 Å². The highest BCUT2D eigenvalue weighted by atomic mass is 15.0. The summed E-state index contributed by atoms with van der Waals surface area (Å²) in [4.78, 5) is 6.23. The van der Waals surface area contributed by atoms with Crippen molar-refractivity contribution in [3.05, 3.63) is 12.2 Å². The van der Waals surface area contributed by atoms with Crippen molar-refractivity contribution >= 4 is 5.71 Å². The van der Waals surface area contributed by atoms with Crippen LogP contribution in [0.2, 0.25) is 0 Å².